The van der Waals surface area contributed by atoms with Gasteiger partial charge >= 0.3 is 0 Å². The lowest BCUT2D eigenvalue weighted by Crippen LogP contribution is -2.19. The molecular formula is C10H19N3O3S. The maximum Gasteiger partial charge on any atom is 0.243 e. The van der Waals surface area contributed by atoms with E-state index in [0.29, 0.717) is 5.89 Å². The van der Waals surface area contributed by atoms with Crippen molar-refractivity contribution in [3.63, 3.8) is 0 Å². The van der Waals surface area contributed by atoms with E-state index < -0.39 is 15.1 Å². The Bertz CT molecular complexity index is 455. The minimum atomic E-state index is -3.19. The summed E-state index contributed by atoms with van der Waals surface area (Å²) in [6.45, 7) is 6.36. The number of rotatable bonds is 6. The van der Waals surface area contributed by atoms with Gasteiger partial charge in [0.25, 0.3) is 0 Å². The van der Waals surface area contributed by atoms with Crippen LogP contribution in [-0.2, 0) is 9.84 Å². The van der Waals surface area contributed by atoms with Crippen molar-refractivity contribution in [3.05, 3.63) is 11.7 Å². The molecule has 17 heavy (non-hydrogen) atoms. The second-order valence-corrected chi connectivity index (χ2v) is 6.50. The van der Waals surface area contributed by atoms with Gasteiger partial charge in [-0.25, -0.2) is 8.42 Å². The van der Waals surface area contributed by atoms with Gasteiger partial charge in [-0.05, 0) is 26.8 Å². The molecule has 0 aliphatic carbocycles. The van der Waals surface area contributed by atoms with Gasteiger partial charge in [-0.2, -0.15) is 4.98 Å². The molecule has 0 aliphatic rings. The molecule has 1 aromatic heterocycles. The Labute approximate surface area is 102 Å². The Hall–Kier alpha value is -0.950. The zero-order valence-electron chi connectivity index (χ0n) is 10.6. The van der Waals surface area contributed by atoms with Gasteiger partial charge in [0, 0.05) is 6.26 Å². The van der Waals surface area contributed by atoms with Gasteiger partial charge in [0.2, 0.25) is 5.89 Å². The summed E-state index contributed by atoms with van der Waals surface area (Å²) in [4.78, 5) is 4.11. The summed E-state index contributed by atoms with van der Waals surface area (Å²) in [6, 6.07) is -0.0667. The van der Waals surface area contributed by atoms with Crippen LogP contribution in [0.15, 0.2) is 4.52 Å². The molecule has 1 rings (SSSR count). The molecule has 1 aromatic rings. The first-order valence-corrected chi connectivity index (χ1v) is 7.57. The summed E-state index contributed by atoms with van der Waals surface area (Å²) in [7, 11) is -3.19. The highest BCUT2D eigenvalue weighted by Crippen LogP contribution is 2.19. The number of aromatic nitrogens is 2. The van der Waals surface area contributed by atoms with E-state index in [1.54, 1.807) is 6.92 Å². The number of nitrogens with one attached hydrogen (secondary N) is 1. The lowest BCUT2D eigenvalue weighted by atomic mass is 10.3. The lowest BCUT2D eigenvalue weighted by molar-refractivity contribution is 0.336. The van der Waals surface area contributed by atoms with Crippen LogP contribution in [-0.4, -0.2) is 31.4 Å². The summed E-state index contributed by atoms with van der Waals surface area (Å²) in [6.07, 6.45) is 2.16. The first kappa shape index (κ1) is 14.1. The second-order valence-electron chi connectivity index (χ2n) is 4.14. The summed E-state index contributed by atoms with van der Waals surface area (Å²) in [5, 5.41) is 6.16. The third-order valence-electron chi connectivity index (χ3n) is 2.53. The topological polar surface area (TPSA) is 85.1 Å². The first-order valence-electron chi connectivity index (χ1n) is 5.62. The van der Waals surface area contributed by atoms with E-state index in [0.717, 1.165) is 19.2 Å². The van der Waals surface area contributed by atoms with Crippen LogP contribution in [0, 0.1) is 0 Å². The van der Waals surface area contributed by atoms with Gasteiger partial charge in [0.1, 0.15) is 5.25 Å². The predicted octanol–water partition coefficient (Wildman–Crippen LogP) is 1.24. The number of hydrogen-bond donors (Lipinski definition) is 1. The van der Waals surface area contributed by atoms with E-state index in [1.807, 2.05) is 6.92 Å². The highest BCUT2D eigenvalue weighted by atomic mass is 32.2. The monoisotopic (exact) mass is 261 g/mol. The van der Waals surface area contributed by atoms with Crippen molar-refractivity contribution in [2.45, 2.75) is 38.5 Å². The van der Waals surface area contributed by atoms with Crippen LogP contribution in [0.25, 0.3) is 0 Å². The van der Waals surface area contributed by atoms with Crippen LogP contribution >= 0.6 is 0 Å². The highest BCUT2D eigenvalue weighted by Gasteiger charge is 2.24. The number of nitrogens with zero attached hydrogens (tertiary/aromatic N) is 2. The van der Waals surface area contributed by atoms with Crippen LogP contribution in [0.3, 0.4) is 0 Å². The molecule has 6 nitrogen and oxygen atoms in total. The Balaban J connectivity index is 2.78. The van der Waals surface area contributed by atoms with Gasteiger partial charge < -0.3 is 9.84 Å². The standard InChI is InChI=1S/C10H19N3O3S/c1-5-6-11-7(2)10-12-9(13-16-10)8(3)17(4,14)15/h7-8,11H,5-6H2,1-4H3. The fraction of sp³-hybridized carbons (Fsp3) is 0.800. The fourth-order valence-corrected chi connectivity index (χ4v) is 1.71. The van der Waals surface area contributed by atoms with Crippen LogP contribution in [0.4, 0.5) is 0 Å². The molecule has 0 spiro atoms. The summed E-state index contributed by atoms with van der Waals surface area (Å²) in [5.74, 6) is 0.636. The highest BCUT2D eigenvalue weighted by molar-refractivity contribution is 7.90. The minimum Gasteiger partial charge on any atom is -0.338 e. The molecule has 0 saturated carbocycles. The third kappa shape index (κ3) is 3.78. The van der Waals surface area contributed by atoms with Crippen molar-refractivity contribution < 1.29 is 12.9 Å². The van der Waals surface area contributed by atoms with Crippen LogP contribution in [0.2, 0.25) is 0 Å². The zero-order chi connectivity index (χ0) is 13.1. The van der Waals surface area contributed by atoms with Crippen molar-refractivity contribution in [2.75, 3.05) is 12.8 Å². The summed E-state index contributed by atoms with van der Waals surface area (Å²) in [5.41, 5.74) is 0. The first-order chi connectivity index (χ1) is 7.86. The molecule has 7 heteroatoms. The largest absolute Gasteiger partial charge is 0.338 e. The van der Waals surface area contributed by atoms with Crippen LogP contribution in [0.5, 0.6) is 0 Å². The maximum absolute atomic E-state index is 11.3. The van der Waals surface area contributed by atoms with Crippen LogP contribution < -0.4 is 5.32 Å². The molecule has 1 N–H and O–H groups in total. The van der Waals surface area contributed by atoms with Gasteiger partial charge in [0.05, 0.1) is 6.04 Å². The van der Waals surface area contributed by atoms with Gasteiger partial charge in [-0.1, -0.05) is 12.1 Å². The number of sulfone groups is 1. The SMILES string of the molecule is CCCNC(C)c1nc(C(C)S(C)(=O)=O)no1. The molecule has 2 unspecified atom stereocenters. The zero-order valence-corrected chi connectivity index (χ0v) is 11.4. The Morgan fingerprint density at radius 1 is 1.41 bits per heavy atom. The average Bonchev–Trinajstić information content (AvgIpc) is 2.72. The Kier molecular flexibility index (Phi) is 4.64. The molecule has 0 bridgehead atoms. The molecule has 1 heterocycles. The maximum atomic E-state index is 11.3. The second kappa shape index (κ2) is 5.59. The normalized spacial score (nSPS) is 15.8. The smallest absolute Gasteiger partial charge is 0.243 e. The molecule has 0 radical (unpaired) electrons. The lowest BCUT2D eigenvalue weighted by Gasteiger charge is -2.07. The van der Waals surface area contributed by atoms with Gasteiger partial charge in [-0.3, -0.25) is 0 Å². The van der Waals surface area contributed by atoms with Crippen molar-refractivity contribution >= 4 is 9.84 Å². The van der Waals surface area contributed by atoms with Crippen LogP contribution in [0.1, 0.15) is 50.2 Å². The summed E-state index contributed by atoms with van der Waals surface area (Å²) < 4.78 is 27.7. The summed E-state index contributed by atoms with van der Waals surface area (Å²) >= 11 is 0. The van der Waals surface area contributed by atoms with Crippen molar-refractivity contribution in [1.29, 1.82) is 0 Å². The Morgan fingerprint density at radius 2 is 2.06 bits per heavy atom. The van der Waals surface area contributed by atoms with Crippen molar-refractivity contribution in [1.82, 2.24) is 15.5 Å². The van der Waals surface area contributed by atoms with E-state index in [1.165, 1.54) is 0 Å². The predicted molar refractivity (Wildman–Crippen MR) is 64.3 cm³/mol. The fourth-order valence-electron chi connectivity index (χ4n) is 1.23. The molecule has 98 valence electrons. The van der Waals surface area contributed by atoms with E-state index in [9.17, 15) is 8.42 Å². The minimum absolute atomic E-state index is 0.0667. The molecule has 0 saturated heterocycles. The molecular weight excluding hydrogens is 242 g/mol. The number of hydrogen-bond acceptors (Lipinski definition) is 6. The molecule has 0 amide bonds. The van der Waals surface area contributed by atoms with E-state index in [4.69, 9.17) is 4.52 Å². The van der Waals surface area contributed by atoms with Gasteiger partial charge in [-0.15, -0.1) is 0 Å². The molecule has 0 fully saturated rings. The average molecular weight is 261 g/mol. The van der Waals surface area contributed by atoms with Gasteiger partial charge in [0.15, 0.2) is 15.7 Å². The Morgan fingerprint density at radius 3 is 2.59 bits per heavy atom. The van der Waals surface area contributed by atoms with E-state index in [-0.39, 0.29) is 11.9 Å². The van der Waals surface area contributed by atoms with E-state index in [2.05, 4.69) is 22.4 Å². The molecule has 0 aromatic carbocycles. The molecule has 2 atom stereocenters. The van der Waals surface area contributed by atoms with E-state index >= 15 is 0 Å². The molecule has 0 aliphatic heterocycles. The third-order valence-corrected chi connectivity index (χ3v) is 4.03. The van der Waals surface area contributed by atoms with Crippen molar-refractivity contribution in [3.8, 4) is 0 Å². The van der Waals surface area contributed by atoms with Crippen molar-refractivity contribution in [2.24, 2.45) is 0 Å². The quantitative estimate of drug-likeness (QED) is 0.829.